The molecule has 0 fully saturated rings. The Hall–Kier alpha value is -1.16. The van der Waals surface area contributed by atoms with Gasteiger partial charge in [-0.3, -0.25) is 9.36 Å². The fraction of sp³-hybridized carbons (Fsp3) is 0.538. The molecule has 0 aliphatic heterocycles. The first kappa shape index (κ1) is 12.3. The van der Waals surface area contributed by atoms with E-state index in [-0.39, 0.29) is 5.56 Å². The summed E-state index contributed by atoms with van der Waals surface area (Å²) in [7, 11) is 0. The third-order valence-electron chi connectivity index (χ3n) is 3.21. The summed E-state index contributed by atoms with van der Waals surface area (Å²) < 4.78 is 1.81. The van der Waals surface area contributed by atoms with Gasteiger partial charge in [0.05, 0.1) is 5.39 Å². The maximum Gasteiger partial charge on any atom is 0.262 e. The maximum atomic E-state index is 12.4. The number of aromatic nitrogens is 2. The zero-order chi connectivity index (χ0) is 12.6. The van der Waals surface area contributed by atoms with Gasteiger partial charge in [0.25, 0.3) is 5.56 Å². The van der Waals surface area contributed by atoms with Crippen LogP contribution in [0.15, 0.2) is 4.79 Å². The predicted molar refractivity (Wildman–Crippen MR) is 73.0 cm³/mol. The highest BCUT2D eigenvalue weighted by molar-refractivity contribution is 7.18. The Bertz CT molecular complexity index is 610. The summed E-state index contributed by atoms with van der Waals surface area (Å²) in [5, 5.41) is 0.814. The van der Waals surface area contributed by atoms with Crippen LogP contribution in [0.5, 0.6) is 0 Å². The number of unbranched alkanes of at least 4 members (excludes halogenated alkanes) is 1. The summed E-state index contributed by atoms with van der Waals surface area (Å²) in [6.45, 7) is 8.88. The minimum atomic E-state index is 0.128. The zero-order valence-electron chi connectivity index (χ0n) is 10.8. The van der Waals surface area contributed by atoms with E-state index in [0.717, 1.165) is 41.0 Å². The molecule has 0 aliphatic rings. The van der Waals surface area contributed by atoms with Crippen molar-refractivity contribution in [1.29, 1.82) is 0 Å². The lowest BCUT2D eigenvalue weighted by Crippen LogP contribution is -2.23. The molecule has 0 saturated heterocycles. The fourth-order valence-electron chi connectivity index (χ4n) is 2.01. The lowest BCUT2D eigenvalue weighted by Gasteiger charge is -2.08. The van der Waals surface area contributed by atoms with Crippen molar-refractivity contribution in [2.75, 3.05) is 0 Å². The van der Waals surface area contributed by atoms with Gasteiger partial charge in [0, 0.05) is 11.4 Å². The Morgan fingerprint density at radius 2 is 2.00 bits per heavy atom. The van der Waals surface area contributed by atoms with Crippen LogP contribution in [0.25, 0.3) is 10.2 Å². The topological polar surface area (TPSA) is 34.9 Å². The highest BCUT2D eigenvalue weighted by Gasteiger charge is 2.13. The zero-order valence-corrected chi connectivity index (χ0v) is 11.6. The first-order valence-electron chi connectivity index (χ1n) is 6.03. The molecule has 2 rings (SSSR count). The molecule has 0 amide bonds. The van der Waals surface area contributed by atoms with Crippen LogP contribution < -0.4 is 5.56 Å². The smallest absolute Gasteiger partial charge is 0.262 e. The van der Waals surface area contributed by atoms with Crippen molar-refractivity contribution in [3.8, 4) is 0 Å². The van der Waals surface area contributed by atoms with Crippen LogP contribution in [0.3, 0.4) is 0 Å². The van der Waals surface area contributed by atoms with E-state index in [1.165, 1.54) is 4.88 Å². The molecule has 0 bridgehead atoms. The molecule has 92 valence electrons. The van der Waals surface area contributed by atoms with Crippen molar-refractivity contribution in [3.05, 3.63) is 26.6 Å². The van der Waals surface area contributed by atoms with E-state index in [9.17, 15) is 4.79 Å². The molecular formula is C13H18N2OS. The quantitative estimate of drug-likeness (QED) is 0.838. The SMILES string of the molecule is CCCCn1c(C)nc2sc(C)c(C)c2c1=O. The van der Waals surface area contributed by atoms with Gasteiger partial charge < -0.3 is 0 Å². The minimum absolute atomic E-state index is 0.128. The highest BCUT2D eigenvalue weighted by Crippen LogP contribution is 2.26. The molecule has 0 unspecified atom stereocenters. The van der Waals surface area contributed by atoms with Crippen LogP contribution in [0.4, 0.5) is 0 Å². The predicted octanol–water partition coefficient (Wildman–Crippen LogP) is 3.18. The number of hydrogen-bond acceptors (Lipinski definition) is 3. The normalized spacial score (nSPS) is 11.3. The van der Waals surface area contributed by atoms with Crippen molar-refractivity contribution in [2.24, 2.45) is 0 Å². The van der Waals surface area contributed by atoms with Gasteiger partial charge >= 0.3 is 0 Å². The Labute approximate surface area is 105 Å². The van der Waals surface area contributed by atoms with Crippen LogP contribution in [0, 0.1) is 20.8 Å². The van der Waals surface area contributed by atoms with E-state index in [1.807, 2.05) is 25.3 Å². The van der Waals surface area contributed by atoms with Crippen LogP contribution in [-0.2, 0) is 6.54 Å². The van der Waals surface area contributed by atoms with E-state index in [4.69, 9.17) is 0 Å². The molecule has 3 nitrogen and oxygen atoms in total. The molecule has 17 heavy (non-hydrogen) atoms. The molecule has 0 saturated carbocycles. The summed E-state index contributed by atoms with van der Waals surface area (Å²) in [4.78, 5) is 19.0. The molecule has 0 N–H and O–H groups in total. The van der Waals surface area contributed by atoms with Gasteiger partial charge in [-0.15, -0.1) is 11.3 Å². The Morgan fingerprint density at radius 3 is 2.65 bits per heavy atom. The molecular weight excluding hydrogens is 232 g/mol. The second-order valence-corrected chi connectivity index (χ2v) is 5.64. The van der Waals surface area contributed by atoms with Gasteiger partial charge in [-0.2, -0.15) is 0 Å². The van der Waals surface area contributed by atoms with Gasteiger partial charge in [0.2, 0.25) is 0 Å². The van der Waals surface area contributed by atoms with E-state index >= 15 is 0 Å². The molecule has 2 aromatic rings. The van der Waals surface area contributed by atoms with Gasteiger partial charge in [0.1, 0.15) is 10.7 Å². The van der Waals surface area contributed by atoms with Gasteiger partial charge in [-0.25, -0.2) is 4.98 Å². The molecule has 2 aromatic heterocycles. The number of fused-ring (bicyclic) bond motifs is 1. The Balaban J connectivity index is 2.69. The second-order valence-electron chi connectivity index (χ2n) is 4.43. The average molecular weight is 250 g/mol. The summed E-state index contributed by atoms with van der Waals surface area (Å²) in [6.07, 6.45) is 2.11. The average Bonchev–Trinajstić information content (AvgIpc) is 2.54. The number of hydrogen-bond donors (Lipinski definition) is 0. The van der Waals surface area contributed by atoms with Crippen molar-refractivity contribution in [3.63, 3.8) is 0 Å². The van der Waals surface area contributed by atoms with Crippen molar-refractivity contribution in [1.82, 2.24) is 9.55 Å². The minimum Gasteiger partial charge on any atom is -0.296 e. The summed E-state index contributed by atoms with van der Waals surface area (Å²) >= 11 is 1.62. The third-order valence-corrected chi connectivity index (χ3v) is 4.32. The monoisotopic (exact) mass is 250 g/mol. The largest absolute Gasteiger partial charge is 0.296 e. The van der Waals surface area contributed by atoms with Crippen molar-refractivity contribution >= 4 is 21.6 Å². The van der Waals surface area contributed by atoms with E-state index < -0.39 is 0 Å². The van der Waals surface area contributed by atoms with Crippen LogP contribution >= 0.6 is 11.3 Å². The summed E-state index contributed by atoms with van der Waals surface area (Å²) in [5.41, 5.74) is 1.22. The van der Waals surface area contributed by atoms with Crippen molar-refractivity contribution < 1.29 is 0 Å². The van der Waals surface area contributed by atoms with Gasteiger partial charge in [-0.05, 0) is 32.8 Å². The first-order chi connectivity index (χ1) is 8.06. The lowest BCUT2D eigenvalue weighted by atomic mass is 10.2. The molecule has 0 atom stereocenters. The molecule has 2 heterocycles. The van der Waals surface area contributed by atoms with Crippen LogP contribution in [-0.4, -0.2) is 9.55 Å². The highest BCUT2D eigenvalue weighted by atomic mass is 32.1. The van der Waals surface area contributed by atoms with E-state index in [2.05, 4.69) is 11.9 Å². The number of thiophene rings is 1. The second kappa shape index (κ2) is 4.61. The van der Waals surface area contributed by atoms with E-state index in [1.54, 1.807) is 11.3 Å². The molecule has 0 aromatic carbocycles. The van der Waals surface area contributed by atoms with Gasteiger partial charge in [0.15, 0.2) is 0 Å². The lowest BCUT2D eigenvalue weighted by molar-refractivity contribution is 0.591. The summed E-state index contributed by atoms with van der Waals surface area (Å²) in [6, 6.07) is 0. The van der Waals surface area contributed by atoms with E-state index in [0.29, 0.717) is 0 Å². The molecule has 0 radical (unpaired) electrons. The van der Waals surface area contributed by atoms with Crippen molar-refractivity contribution in [2.45, 2.75) is 47.1 Å². The number of nitrogens with zero attached hydrogens (tertiary/aromatic N) is 2. The van der Waals surface area contributed by atoms with Crippen LogP contribution in [0.1, 0.15) is 36.0 Å². The third kappa shape index (κ3) is 2.02. The maximum absolute atomic E-state index is 12.4. The number of rotatable bonds is 3. The molecule has 4 heteroatoms. The Morgan fingerprint density at radius 1 is 1.29 bits per heavy atom. The molecule has 0 spiro atoms. The standard InChI is InChI=1S/C13H18N2OS/c1-5-6-7-15-10(4)14-12-11(13(15)16)8(2)9(3)17-12/h5-7H2,1-4H3. The first-order valence-corrected chi connectivity index (χ1v) is 6.85. The van der Waals surface area contributed by atoms with Crippen LogP contribution in [0.2, 0.25) is 0 Å². The van der Waals surface area contributed by atoms with Gasteiger partial charge in [-0.1, -0.05) is 13.3 Å². The number of aryl methyl sites for hydroxylation is 3. The summed E-state index contributed by atoms with van der Waals surface area (Å²) in [5.74, 6) is 0.831. The molecule has 0 aliphatic carbocycles. The Kier molecular flexibility index (Phi) is 3.33. The fourth-order valence-corrected chi connectivity index (χ4v) is 3.07.